The Bertz CT molecular complexity index is 1210. The summed E-state index contributed by atoms with van der Waals surface area (Å²) >= 11 is 2.69. The van der Waals surface area contributed by atoms with Crippen LogP contribution in [0.2, 0.25) is 0 Å². The predicted octanol–water partition coefficient (Wildman–Crippen LogP) is 2.83. The number of esters is 1. The van der Waals surface area contributed by atoms with Gasteiger partial charge in [-0.15, -0.1) is 21.5 Å². The first-order chi connectivity index (χ1) is 14.9. The summed E-state index contributed by atoms with van der Waals surface area (Å²) in [5, 5.41) is 11.6. The van der Waals surface area contributed by atoms with Crippen LogP contribution in [-0.4, -0.2) is 43.3 Å². The van der Waals surface area contributed by atoms with E-state index >= 15 is 0 Å². The number of aromatic nitrogens is 4. The number of anilines is 1. The van der Waals surface area contributed by atoms with Crippen molar-refractivity contribution in [2.24, 2.45) is 0 Å². The van der Waals surface area contributed by atoms with Crippen molar-refractivity contribution in [3.8, 4) is 0 Å². The van der Waals surface area contributed by atoms with E-state index in [2.05, 4.69) is 20.5 Å². The molecular weight excluding hydrogens is 438 g/mol. The lowest BCUT2D eigenvalue weighted by Crippen LogP contribution is -2.23. The van der Waals surface area contributed by atoms with E-state index in [1.807, 2.05) is 6.92 Å². The number of aromatic amines is 1. The highest BCUT2D eigenvalue weighted by Gasteiger charge is 2.29. The van der Waals surface area contributed by atoms with Gasteiger partial charge in [0.15, 0.2) is 5.16 Å². The molecular formula is C20H23N5O4S2. The van der Waals surface area contributed by atoms with Crippen LogP contribution in [0.3, 0.4) is 0 Å². The maximum Gasteiger partial charge on any atom is 0.341 e. The predicted molar refractivity (Wildman–Crippen MR) is 119 cm³/mol. The Kier molecular flexibility index (Phi) is 6.15. The van der Waals surface area contributed by atoms with Gasteiger partial charge in [-0.1, -0.05) is 18.7 Å². The fourth-order valence-corrected chi connectivity index (χ4v) is 5.80. The second-order valence-electron chi connectivity index (χ2n) is 7.15. The number of nitrogens with zero attached hydrogens (tertiary/aromatic N) is 3. The zero-order valence-electron chi connectivity index (χ0n) is 17.5. The van der Waals surface area contributed by atoms with E-state index in [0.717, 1.165) is 35.4 Å². The Morgan fingerprint density at radius 1 is 1.35 bits per heavy atom. The van der Waals surface area contributed by atoms with Crippen LogP contribution in [0.15, 0.2) is 16.0 Å². The Morgan fingerprint density at radius 3 is 2.90 bits per heavy atom. The van der Waals surface area contributed by atoms with Crippen LogP contribution in [-0.2, 0) is 28.8 Å². The topological polar surface area (TPSA) is 118 Å². The molecule has 31 heavy (non-hydrogen) atoms. The second kappa shape index (κ2) is 8.83. The number of fused-ring (bicyclic) bond motifs is 2. The van der Waals surface area contributed by atoms with Gasteiger partial charge in [-0.05, 0) is 45.1 Å². The highest BCUT2D eigenvalue weighted by Crippen LogP contribution is 2.40. The van der Waals surface area contributed by atoms with Crippen molar-refractivity contribution in [3.63, 3.8) is 0 Å². The standard InChI is InChI=1S/C20H23N5O4S2/c1-4-11-9-14(26)21-19-23-24-20(25(11)19)30-10(3)16(27)22-17-15(18(28)29-5-2)12-7-6-8-13(12)31-17/h9-10H,4-8H2,1-3H3,(H,22,27)(H,21,23,26). The summed E-state index contributed by atoms with van der Waals surface area (Å²) in [6.45, 7) is 5.75. The summed E-state index contributed by atoms with van der Waals surface area (Å²) in [7, 11) is 0. The Morgan fingerprint density at radius 2 is 2.16 bits per heavy atom. The lowest BCUT2D eigenvalue weighted by atomic mass is 10.1. The van der Waals surface area contributed by atoms with E-state index in [4.69, 9.17) is 4.74 Å². The number of thiophene rings is 1. The first-order valence-corrected chi connectivity index (χ1v) is 11.9. The number of hydrogen-bond donors (Lipinski definition) is 2. The largest absolute Gasteiger partial charge is 0.462 e. The van der Waals surface area contributed by atoms with Gasteiger partial charge in [0, 0.05) is 16.6 Å². The third kappa shape index (κ3) is 4.11. The van der Waals surface area contributed by atoms with E-state index in [-0.39, 0.29) is 18.1 Å². The number of nitrogens with one attached hydrogen (secondary N) is 2. The maximum absolute atomic E-state index is 13.0. The summed E-state index contributed by atoms with van der Waals surface area (Å²) in [5.74, 6) is -0.286. The normalized spacial score (nSPS) is 13.9. The van der Waals surface area contributed by atoms with E-state index < -0.39 is 11.2 Å². The number of carbonyl (C=O) groups is 2. The third-order valence-corrected chi connectivity index (χ3v) is 7.35. The van der Waals surface area contributed by atoms with Crippen molar-refractivity contribution in [1.29, 1.82) is 0 Å². The van der Waals surface area contributed by atoms with Gasteiger partial charge in [0.25, 0.3) is 5.56 Å². The van der Waals surface area contributed by atoms with Gasteiger partial charge in [-0.3, -0.25) is 19.0 Å². The summed E-state index contributed by atoms with van der Waals surface area (Å²) < 4.78 is 6.97. The zero-order valence-corrected chi connectivity index (χ0v) is 19.1. The van der Waals surface area contributed by atoms with Gasteiger partial charge in [0.2, 0.25) is 11.7 Å². The van der Waals surface area contributed by atoms with Crippen LogP contribution in [0.4, 0.5) is 5.00 Å². The molecule has 1 atom stereocenters. The van der Waals surface area contributed by atoms with Crippen LogP contribution >= 0.6 is 23.1 Å². The minimum absolute atomic E-state index is 0.240. The smallest absolute Gasteiger partial charge is 0.341 e. The molecule has 1 aliphatic carbocycles. The number of ether oxygens (including phenoxy) is 1. The monoisotopic (exact) mass is 461 g/mol. The quantitative estimate of drug-likeness (QED) is 0.410. The number of rotatable bonds is 7. The Hall–Kier alpha value is -2.66. The number of aryl methyl sites for hydroxylation is 2. The molecule has 4 rings (SSSR count). The highest BCUT2D eigenvalue weighted by atomic mass is 32.2. The van der Waals surface area contributed by atoms with Gasteiger partial charge >= 0.3 is 5.97 Å². The average molecular weight is 462 g/mol. The van der Waals surface area contributed by atoms with Crippen molar-refractivity contribution in [3.05, 3.63) is 38.1 Å². The SMILES string of the molecule is CCOC(=O)c1c(NC(=O)C(C)Sc2nnc3[nH]c(=O)cc(CC)n23)sc2c1CCC2. The molecule has 1 amide bonds. The number of carbonyl (C=O) groups excluding carboxylic acids is 2. The molecule has 11 heteroatoms. The molecule has 9 nitrogen and oxygen atoms in total. The number of H-pyrrole nitrogens is 1. The van der Waals surface area contributed by atoms with Crippen LogP contribution in [0, 0.1) is 0 Å². The number of amides is 1. The zero-order chi connectivity index (χ0) is 22.1. The van der Waals surface area contributed by atoms with E-state index in [9.17, 15) is 14.4 Å². The first kappa shape index (κ1) is 21.6. The molecule has 0 radical (unpaired) electrons. The Balaban J connectivity index is 1.56. The molecule has 0 fully saturated rings. The first-order valence-electron chi connectivity index (χ1n) is 10.2. The minimum atomic E-state index is -0.504. The molecule has 164 valence electrons. The molecule has 1 unspecified atom stereocenters. The molecule has 1 aliphatic rings. The maximum atomic E-state index is 13.0. The van der Waals surface area contributed by atoms with Crippen LogP contribution < -0.4 is 10.9 Å². The minimum Gasteiger partial charge on any atom is -0.462 e. The number of hydrogen-bond acceptors (Lipinski definition) is 8. The molecule has 0 spiro atoms. The van der Waals surface area contributed by atoms with Crippen LogP contribution in [0.25, 0.3) is 5.78 Å². The fraction of sp³-hybridized carbons (Fsp3) is 0.450. The fourth-order valence-electron chi connectivity index (χ4n) is 3.65. The molecule has 0 bridgehead atoms. The molecule has 3 aromatic heterocycles. The van der Waals surface area contributed by atoms with E-state index in [1.54, 1.807) is 18.2 Å². The van der Waals surface area contributed by atoms with Gasteiger partial charge in [-0.25, -0.2) is 4.79 Å². The van der Waals surface area contributed by atoms with Crippen molar-refractivity contribution in [2.45, 2.75) is 56.9 Å². The lowest BCUT2D eigenvalue weighted by Gasteiger charge is -2.12. The van der Waals surface area contributed by atoms with E-state index in [0.29, 0.717) is 27.9 Å². The van der Waals surface area contributed by atoms with Gasteiger partial charge in [-0.2, -0.15) is 0 Å². The highest BCUT2D eigenvalue weighted by molar-refractivity contribution is 8.00. The molecule has 0 saturated heterocycles. The van der Waals surface area contributed by atoms with Crippen molar-refractivity contribution in [2.75, 3.05) is 11.9 Å². The van der Waals surface area contributed by atoms with Crippen LogP contribution in [0.1, 0.15) is 53.7 Å². The summed E-state index contributed by atoms with van der Waals surface area (Å²) in [4.78, 5) is 41.0. The summed E-state index contributed by atoms with van der Waals surface area (Å²) in [6.07, 6.45) is 3.37. The summed E-state index contributed by atoms with van der Waals surface area (Å²) in [5.41, 5.74) is 2.01. The average Bonchev–Trinajstić information content (AvgIpc) is 3.42. The molecule has 2 N–H and O–H groups in total. The molecule has 3 heterocycles. The van der Waals surface area contributed by atoms with Crippen LogP contribution in [0.5, 0.6) is 0 Å². The lowest BCUT2D eigenvalue weighted by molar-refractivity contribution is -0.115. The molecule has 0 aliphatic heterocycles. The second-order valence-corrected chi connectivity index (χ2v) is 9.56. The van der Waals surface area contributed by atoms with Gasteiger partial charge < -0.3 is 10.1 Å². The van der Waals surface area contributed by atoms with Crippen molar-refractivity contribution >= 4 is 45.8 Å². The Labute approximate surface area is 186 Å². The molecule has 3 aromatic rings. The van der Waals surface area contributed by atoms with E-state index in [1.165, 1.54) is 29.2 Å². The van der Waals surface area contributed by atoms with Gasteiger partial charge in [0.1, 0.15) is 5.00 Å². The van der Waals surface area contributed by atoms with Crippen molar-refractivity contribution < 1.29 is 14.3 Å². The molecule has 0 aromatic carbocycles. The molecule has 0 saturated carbocycles. The van der Waals surface area contributed by atoms with Gasteiger partial charge in [0.05, 0.1) is 17.4 Å². The van der Waals surface area contributed by atoms with Crippen molar-refractivity contribution in [1.82, 2.24) is 19.6 Å². The number of thioether (sulfide) groups is 1. The third-order valence-electron chi connectivity index (χ3n) is 5.10. The summed E-state index contributed by atoms with van der Waals surface area (Å²) in [6, 6.07) is 1.50.